The first-order valence-electron chi connectivity index (χ1n) is 5.84. The van der Waals surface area contributed by atoms with Gasteiger partial charge in [-0.15, -0.1) is 5.10 Å². The van der Waals surface area contributed by atoms with Gasteiger partial charge in [0.1, 0.15) is 6.04 Å². The minimum atomic E-state index is -0.805. The van der Waals surface area contributed by atoms with E-state index >= 15 is 0 Å². The molecular weight excluding hydrogens is 268 g/mol. The normalized spacial score (nSPS) is 11.8. The molecule has 1 unspecified atom stereocenters. The molecule has 0 bridgehead atoms. The summed E-state index contributed by atoms with van der Waals surface area (Å²) in [7, 11) is 2.38. The van der Waals surface area contributed by atoms with E-state index in [1.807, 2.05) is 0 Å². The van der Waals surface area contributed by atoms with Gasteiger partial charge < -0.3 is 15.2 Å². The Morgan fingerprint density at radius 2 is 1.95 bits per heavy atom. The zero-order valence-corrected chi connectivity index (χ0v) is 11.5. The number of hydrogen-bond donors (Lipinski definition) is 1. The lowest BCUT2D eigenvalue weighted by atomic mass is 10.1. The summed E-state index contributed by atoms with van der Waals surface area (Å²) >= 11 is 0. The smallest absolute Gasteiger partial charge is 0.360 e. The topological polar surface area (TPSA) is 126 Å². The molecule has 0 aliphatic rings. The van der Waals surface area contributed by atoms with Crippen molar-refractivity contribution >= 4 is 17.8 Å². The van der Waals surface area contributed by atoms with Crippen molar-refractivity contribution in [3.63, 3.8) is 0 Å². The summed E-state index contributed by atoms with van der Waals surface area (Å²) < 4.78 is 10.3. The number of ether oxygens (including phenoxy) is 2. The second-order valence-corrected chi connectivity index (χ2v) is 3.90. The summed E-state index contributed by atoms with van der Waals surface area (Å²) in [6.07, 6.45) is 0.0746. The summed E-state index contributed by atoms with van der Waals surface area (Å²) in [5.74, 6) is -1.99. The summed E-state index contributed by atoms with van der Waals surface area (Å²) in [5.41, 5.74) is 5.26. The highest BCUT2D eigenvalue weighted by Crippen LogP contribution is 2.17. The van der Waals surface area contributed by atoms with E-state index in [0.717, 1.165) is 4.68 Å². The Morgan fingerprint density at radius 3 is 2.40 bits per heavy atom. The Balaban J connectivity index is 3.30. The molecule has 9 nitrogen and oxygen atoms in total. The van der Waals surface area contributed by atoms with Crippen molar-refractivity contribution < 1.29 is 23.9 Å². The van der Waals surface area contributed by atoms with Crippen LogP contribution in [-0.4, -0.2) is 47.1 Å². The summed E-state index contributed by atoms with van der Waals surface area (Å²) in [4.78, 5) is 34.4. The highest BCUT2D eigenvalue weighted by molar-refractivity contribution is 5.90. The van der Waals surface area contributed by atoms with E-state index < -0.39 is 23.9 Å². The van der Waals surface area contributed by atoms with Crippen LogP contribution < -0.4 is 5.73 Å². The molecule has 1 heterocycles. The molecule has 0 fully saturated rings. The number of carbonyl (C=O) groups is 3. The van der Waals surface area contributed by atoms with Gasteiger partial charge in [0.2, 0.25) is 5.91 Å². The van der Waals surface area contributed by atoms with Crippen molar-refractivity contribution in [2.24, 2.45) is 5.73 Å². The predicted octanol–water partition coefficient (Wildman–Crippen LogP) is -0.783. The molecule has 0 aliphatic carbocycles. The molecule has 0 saturated heterocycles. The van der Waals surface area contributed by atoms with Gasteiger partial charge in [-0.25, -0.2) is 9.48 Å². The second kappa shape index (κ2) is 6.64. The first-order valence-corrected chi connectivity index (χ1v) is 5.84. The first-order chi connectivity index (χ1) is 9.46. The van der Waals surface area contributed by atoms with Crippen LogP contribution in [-0.2, 0) is 25.5 Å². The fourth-order valence-corrected chi connectivity index (χ4v) is 1.69. The molecule has 0 aromatic carbocycles. The third-order valence-corrected chi connectivity index (χ3v) is 2.72. The van der Waals surface area contributed by atoms with Crippen LogP contribution in [0.5, 0.6) is 0 Å². The number of nitrogens with zero attached hydrogens (tertiary/aromatic N) is 3. The average molecular weight is 284 g/mol. The first kappa shape index (κ1) is 15.6. The Kier molecular flexibility index (Phi) is 5.18. The van der Waals surface area contributed by atoms with Gasteiger partial charge in [0.05, 0.1) is 26.3 Å². The molecule has 2 N–H and O–H groups in total. The average Bonchev–Trinajstić information content (AvgIpc) is 2.82. The van der Waals surface area contributed by atoms with Crippen LogP contribution in [0.25, 0.3) is 0 Å². The number of methoxy groups -OCH3 is 2. The van der Waals surface area contributed by atoms with E-state index in [1.54, 1.807) is 6.92 Å². The maximum Gasteiger partial charge on any atom is 0.360 e. The lowest BCUT2D eigenvalue weighted by Crippen LogP contribution is -2.29. The maximum atomic E-state index is 11.6. The van der Waals surface area contributed by atoms with Crippen molar-refractivity contribution in [1.29, 1.82) is 0 Å². The fraction of sp³-hybridized carbons (Fsp3) is 0.545. The number of hydrogen-bond acceptors (Lipinski definition) is 7. The van der Waals surface area contributed by atoms with Gasteiger partial charge in [-0.1, -0.05) is 12.1 Å². The molecule has 0 radical (unpaired) electrons. The van der Waals surface area contributed by atoms with E-state index in [1.165, 1.54) is 14.2 Å². The van der Waals surface area contributed by atoms with Gasteiger partial charge in [-0.3, -0.25) is 9.59 Å². The number of aromatic nitrogens is 3. The highest BCUT2D eigenvalue weighted by atomic mass is 16.5. The third kappa shape index (κ3) is 3.11. The van der Waals surface area contributed by atoms with Crippen molar-refractivity contribution in [3.05, 3.63) is 11.4 Å². The molecular formula is C11H16N4O5. The maximum absolute atomic E-state index is 11.6. The summed E-state index contributed by atoms with van der Waals surface area (Å²) in [6, 6.07) is -0.805. The molecule has 0 saturated carbocycles. The van der Waals surface area contributed by atoms with Crippen LogP contribution >= 0.6 is 0 Å². The second-order valence-electron chi connectivity index (χ2n) is 3.90. The summed E-state index contributed by atoms with van der Waals surface area (Å²) in [6.45, 7) is 1.72. The van der Waals surface area contributed by atoms with Gasteiger partial charge in [-0.05, 0) is 6.42 Å². The molecule has 110 valence electrons. The van der Waals surface area contributed by atoms with Crippen LogP contribution in [0.1, 0.15) is 35.6 Å². The van der Waals surface area contributed by atoms with E-state index in [9.17, 15) is 14.4 Å². The van der Waals surface area contributed by atoms with Crippen LogP contribution in [0.15, 0.2) is 0 Å². The molecule has 1 amide bonds. The monoisotopic (exact) mass is 284 g/mol. The minimum absolute atomic E-state index is 0.134. The Bertz CT molecular complexity index is 525. The van der Waals surface area contributed by atoms with Gasteiger partial charge in [-0.2, -0.15) is 0 Å². The van der Waals surface area contributed by atoms with E-state index in [0.29, 0.717) is 6.42 Å². The van der Waals surface area contributed by atoms with Crippen molar-refractivity contribution in [1.82, 2.24) is 15.0 Å². The highest BCUT2D eigenvalue weighted by Gasteiger charge is 2.28. The van der Waals surface area contributed by atoms with Crippen molar-refractivity contribution in [2.75, 3.05) is 14.2 Å². The van der Waals surface area contributed by atoms with E-state index in [-0.39, 0.29) is 17.8 Å². The van der Waals surface area contributed by atoms with Crippen molar-refractivity contribution in [2.45, 2.75) is 25.8 Å². The van der Waals surface area contributed by atoms with Gasteiger partial charge in [0, 0.05) is 0 Å². The Labute approximate surface area is 115 Å². The number of amides is 1. The number of esters is 2. The third-order valence-electron chi connectivity index (χ3n) is 2.72. The molecule has 1 aromatic heterocycles. The Morgan fingerprint density at radius 1 is 1.30 bits per heavy atom. The number of nitrogens with two attached hydrogens (primary N) is 1. The lowest BCUT2D eigenvalue weighted by molar-refractivity contribution is -0.140. The van der Waals surface area contributed by atoms with Crippen LogP contribution in [0.2, 0.25) is 0 Å². The van der Waals surface area contributed by atoms with E-state index in [4.69, 9.17) is 5.73 Å². The molecule has 1 rings (SSSR count). The molecule has 1 atom stereocenters. The van der Waals surface area contributed by atoms with Gasteiger partial charge >= 0.3 is 11.9 Å². The SMILES string of the molecule is CCC(C(N)=O)n1nnc(C(=O)OC)c1CC(=O)OC. The number of carbonyl (C=O) groups excluding carboxylic acids is 3. The Hall–Kier alpha value is -2.45. The van der Waals surface area contributed by atoms with Crippen LogP contribution in [0.4, 0.5) is 0 Å². The number of rotatable bonds is 6. The number of primary amides is 1. The lowest BCUT2D eigenvalue weighted by Gasteiger charge is -2.13. The van der Waals surface area contributed by atoms with Crippen LogP contribution in [0, 0.1) is 0 Å². The van der Waals surface area contributed by atoms with Gasteiger partial charge in [0.25, 0.3) is 0 Å². The van der Waals surface area contributed by atoms with Crippen LogP contribution in [0.3, 0.4) is 0 Å². The van der Waals surface area contributed by atoms with Crippen molar-refractivity contribution in [3.8, 4) is 0 Å². The zero-order valence-electron chi connectivity index (χ0n) is 11.5. The molecule has 0 aliphatic heterocycles. The molecule has 1 aromatic rings. The quantitative estimate of drug-likeness (QED) is 0.678. The largest absolute Gasteiger partial charge is 0.469 e. The summed E-state index contributed by atoms with van der Waals surface area (Å²) in [5, 5.41) is 7.37. The molecule has 20 heavy (non-hydrogen) atoms. The molecule has 0 spiro atoms. The van der Waals surface area contributed by atoms with E-state index in [2.05, 4.69) is 19.8 Å². The molecule has 9 heteroatoms. The standard InChI is InChI=1S/C11H16N4O5/c1-4-6(10(12)17)15-7(5-8(16)19-2)9(13-14-15)11(18)20-3/h6H,4-5H2,1-3H3,(H2,12,17). The minimum Gasteiger partial charge on any atom is -0.469 e. The predicted molar refractivity (Wildman–Crippen MR) is 65.6 cm³/mol. The zero-order chi connectivity index (χ0) is 15.3. The fourth-order valence-electron chi connectivity index (χ4n) is 1.69. The van der Waals surface area contributed by atoms with Gasteiger partial charge in [0.15, 0.2) is 5.69 Å².